The molecule has 0 saturated heterocycles. The second-order valence-corrected chi connectivity index (χ2v) is 3.80. The SMILES string of the molecule is O=c1c2cncnc2ccn1-c1ccccc1O. The summed E-state index contributed by atoms with van der Waals surface area (Å²) in [6, 6.07) is 8.38. The van der Waals surface area contributed by atoms with Crippen molar-refractivity contribution in [3.8, 4) is 11.4 Å². The minimum Gasteiger partial charge on any atom is -0.506 e. The van der Waals surface area contributed by atoms with E-state index in [1.165, 1.54) is 23.2 Å². The Bertz CT molecular complexity index is 780. The number of fused-ring (bicyclic) bond motifs is 1. The fourth-order valence-electron chi connectivity index (χ4n) is 1.84. The molecule has 3 aromatic rings. The number of pyridine rings is 1. The van der Waals surface area contributed by atoms with Crippen molar-refractivity contribution < 1.29 is 5.11 Å². The zero-order valence-electron chi connectivity index (χ0n) is 9.32. The first kappa shape index (κ1) is 10.5. The highest BCUT2D eigenvalue weighted by atomic mass is 16.3. The molecule has 2 heterocycles. The summed E-state index contributed by atoms with van der Waals surface area (Å²) in [6.07, 6.45) is 4.46. The molecule has 0 bridgehead atoms. The van der Waals surface area contributed by atoms with Crippen molar-refractivity contribution in [3.63, 3.8) is 0 Å². The average molecular weight is 239 g/mol. The van der Waals surface area contributed by atoms with Gasteiger partial charge in [0.05, 0.1) is 16.6 Å². The molecule has 0 unspecified atom stereocenters. The molecule has 0 saturated carbocycles. The maximum absolute atomic E-state index is 12.3. The monoisotopic (exact) mass is 239 g/mol. The lowest BCUT2D eigenvalue weighted by atomic mass is 10.2. The maximum Gasteiger partial charge on any atom is 0.266 e. The highest BCUT2D eigenvalue weighted by Gasteiger charge is 2.07. The van der Waals surface area contributed by atoms with Crippen LogP contribution in [0.3, 0.4) is 0 Å². The van der Waals surface area contributed by atoms with Crippen molar-refractivity contribution >= 4 is 10.9 Å². The third-order valence-corrected chi connectivity index (χ3v) is 2.72. The van der Waals surface area contributed by atoms with Crippen LogP contribution in [-0.4, -0.2) is 19.6 Å². The third-order valence-electron chi connectivity index (χ3n) is 2.72. The highest BCUT2D eigenvalue weighted by molar-refractivity contribution is 5.76. The van der Waals surface area contributed by atoms with Crippen LogP contribution in [-0.2, 0) is 0 Å². The fraction of sp³-hybridized carbons (Fsp3) is 0. The van der Waals surface area contributed by atoms with Gasteiger partial charge in [-0.25, -0.2) is 9.97 Å². The summed E-state index contributed by atoms with van der Waals surface area (Å²) in [5, 5.41) is 10.2. The number of hydrogen-bond acceptors (Lipinski definition) is 4. The lowest BCUT2D eigenvalue weighted by molar-refractivity contribution is 0.472. The topological polar surface area (TPSA) is 68.0 Å². The van der Waals surface area contributed by atoms with E-state index in [-0.39, 0.29) is 11.3 Å². The van der Waals surface area contributed by atoms with Gasteiger partial charge in [0.1, 0.15) is 12.1 Å². The summed E-state index contributed by atoms with van der Waals surface area (Å²) in [5.41, 5.74) is 0.768. The van der Waals surface area contributed by atoms with E-state index in [9.17, 15) is 9.90 Å². The van der Waals surface area contributed by atoms with E-state index in [1.807, 2.05) is 0 Å². The Hall–Kier alpha value is -2.69. The molecule has 0 radical (unpaired) electrons. The first-order chi connectivity index (χ1) is 8.77. The van der Waals surface area contributed by atoms with Gasteiger partial charge in [-0.2, -0.15) is 0 Å². The summed E-state index contributed by atoms with van der Waals surface area (Å²) in [6.45, 7) is 0. The largest absolute Gasteiger partial charge is 0.506 e. The number of phenols is 1. The molecule has 3 rings (SSSR count). The van der Waals surface area contributed by atoms with Gasteiger partial charge >= 0.3 is 0 Å². The zero-order chi connectivity index (χ0) is 12.5. The first-order valence-electron chi connectivity index (χ1n) is 5.37. The molecule has 0 aliphatic rings. The molecule has 0 atom stereocenters. The highest BCUT2D eigenvalue weighted by Crippen LogP contribution is 2.19. The van der Waals surface area contributed by atoms with Gasteiger partial charge in [-0.05, 0) is 18.2 Å². The molecular weight excluding hydrogens is 230 g/mol. The van der Waals surface area contributed by atoms with Gasteiger partial charge < -0.3 is 5.11 Å². The number of phenolic OH excluding ortho intramolecular Hbond substituents is 1. The van der Waals surface area contributed by atoms with Crippen molar-refractivity contribution in [2.45, 2.75) is 0 Å². The second-order valence-electron chi connectivity index (χ2n) is 3.80. The van der Waals surface area contributed by atoms with E-state index in [0.717, 1.165) is 0 Å². The van der Waals surface area contributed by atoms with Crippen LogP contribution >= 0.6 is 0 Å². The standard InChI is InChI=1S/C13H9N3O2/c17-12-4-2-1-3-11(12)16-6-5-10-9(13(16)18)7-14-8-15-10/h1-8,17H. The van der Waals surface area contributed by atoms with Gasteiger partial charge in [0.2, 0.25) is 0 Å². The summed E-state index contributed by atoms with van der Waals surface area (Å²) in [7, 11) is 0. The van der Waals surface area contributed by atoms with E-state index in [0.29, 0.717) is 16.6 Å². The molecular formula is C13H9N3O2. The normalized spacial score (nSPS) is 10.7. The Morgan fingerprint density at radius 2 is 2.00 bits per heavy atom. The third kappa shape index (κ3) is 1.53. The molecule has 2 aromatic heterocycles. The number of benzene rings is 1. The molecule has 18 heavy (non-hydrogen) atoms. The van der Waals surface area contributed by atoms with Crippen LogP contribution in [0.25, 0.3) is 16.6 Å². The molecule has 0 aliphatic carbocycles. The summed E-state index contributed by atoms with van der Waals surface area (Å²) < 4.78 is 1.38. The van der Waals surface area contributed by atoms with Crippen molar-refractivity contribution in [1.82, 2.24) is 14.5 Å². The molecule has 88 valence electrons. The van der Waals surface area contributed by atoms with Crippen LogP contribution in [0, 0.1) is 0 Å². The van der Waals surface area contributed by atoms with Gasteiger partial charge in [-0.15, -0.1) is 0 Å². The predicted octanol–water partition coefficient (Wildman–Crippen LogP) is 1.49. The minimum atomic E-state index is -0.255. The molecule has 1 aromatic carbocycles. The Balaban J connectivity index is 2.35. The average Bonchev–Trinajstić information content (AvgIpc) is 2.41. The fourth-order valence-corrected chi connectivity index (χ4v) is 1.84. The van der Waals surface area contributed by atoms with Gasteiger partial charge in [0.25, 0.3) is 5.56 Å². The molecule has 1 N–H and O–H groups in total. The number of rotatable bonds is 1. The van der Waals surface area contributed by atoms with E-state index < -0.39 is 0 Å². The summed E-state index contributed by atoms with van der Waals surface area (Å²) in [4.78, 5) is 20.1. The van der Waals surface area contributed by atoms with Crippen LogP contribution < -0.4 is 5.56 Å². The minimum absolute atomic E-state index is 0.0517. The molecule has 0 fully saturated rings. The van der Waals surface area contributed by atoms with Crippen LogP contribution in [0.1, 0.15) is 0 Å². The molecule has 5 heteroatoms. The molecule has 0 spiro atoms. The van der Waals surface area contributed by atoms with Gasteiger partial charge in [-0.1, -0.05) is 12.1 Å². The van der Waals surface area contributed by atoms with E-state index >= 15 is 0 Å². The van der Waals surface area contributed by atoms with E-state index in [1.54, 1.807) is 30.5 Å². The van der Waals surface area contributed by atoms with Gasteiger partial charge in [-0.3, -0.25) is 9.36 Å². The second kappa shape index (κ2) is 3.96. The van der Waals surface area contributed by atoms with Crippen molar-refractivity contribution in [2.24, 2.45) is 0 Å². The number of aromatic hydroxyl groups is 1. The van der Waals surface area contributed by atoms with Crippen LogP contribution in [0.5, 0.6) is 5.75 Å². The van der Waals surface area contributed by atoms with Gasteiger partial charge in [0, 0.05) is 12.4 Å². The Labute approximate surface area is 102 Å². The Kier molecular flexibility index (Phi) is 2.30. The lowest BCUT2D eigenvalue weighted by Crippen LogP contribution is -2.18. The Morgan fingerprint density at radius 3 is 2.83 bits per heavy atom. The van der Waals surface area contributed by atoms with E-state index in [4.69, 9.17) is 0 Å². The van der Waals surface area contributed by atoms with Crippen LogP contribution in [0.4, 0.5) is 0 Å². The number of para-hydroxylation sites is 2. The van der Waals surface area contributed by atoms with Crippen molar-refractivity contribution in [2.75, 3.05) is 0 Å². The smallest absolute Gasteiger partial charge is 0.266 e. The van der Waals surface area contributed by atoms with E-state index in [2.05, 4.69) is 9.97 Å². The molecule has 0 amide bonds. The zero-order valence-corrected chi connectivity index (χ0v) is 9.32. The van der Waals surface area contributed by atoms with Crippen LogP contribution in [0.15, 0.2) is 53.8 Å². The number of aromatic nitrogens is 3. The van der Waals surface area contributed by atoms with Gasteiger partial charge in [0.15, 0.2) is 0 Å². The summed E-state index contributed by atoms with van der Waals surface area (Å²) in [5.74, 6) is 0.0517. The quantitative estimate of drug-likeness (QED) is 0.698. The predicted molar refractivity (Wildman–Crippen MR) is 66.8 cm³/mol. The lowest BCUT2D eigenvalue weighted by Gasteiger charge is -2.08. The number of nitrogens with zero attached hydrogens (tertiary/aromatic N) is 3. The molecule has 0 aliphatic heterocycles. The Morgan fingerprint density at radius 1 is 1.17 bits per heavy atom. The first-order valence-corrected chi connectivity index (χ1v) is 5.37. The van der Waals surface area contributed by atoms with Crippen LogP contribution in [0.2, 0.25) is 0 Å². The number of hydrogen-bond donors (Lipinski definition) is 1. The summed E-state index contributed by atoms with van der Waals surface area (Å²) >= 11 is 0. The van der Waals surface area contributed by atoms with Crippen molar-refractivity contribution in [1.29, 1.82) is 0 Å². The molecule has 5 nitrogen and oxygen atoms in total. The maximum atomic E-state index is 12.3. The van der Waals surface area contributed by atoms with Crippen molar-refractivity contribution in [3.05, 3.63) is 59.4 Å².